The van der Waals surface area contributed by atoms with Gasteiger partial charge in [0.2, 0.25) is 0 Å². The number of rotatable bonds is 3. The van der Waals surface area contributed by atoms with E-state index in [-0.39, 0.29) is 0 Å². The zero-order valence-electron chi connectivity index (χ0n) is 9.99. The van der Waals surface area contributed by atoms with Crippen molar-refractivity contribution in [2.45, 2.75) is 20.3 Å². The van der Waals surface area contributed by atoms with E-state index >= 15 is 0 Å². The van der Waals surface area contributed by atoms with Crippen molar-refractivity contribution in [3.8, 4) is 0 Å². The molecule has 2 N–H and O–H groups in total. The average molecular weight is 208 g/mol. The van der Waals surface area contributed by atoms with E-state index in [1.54, 1.807) is 0 Å². The normalized spacial score (nSPS) is 24.3. The van der Waals surface area contributed by atoms with Crippen LogP contribution in [0.3, 0.4) is 0 Å². The SMILES string of the molecule is Cc1nn(C)c(N(C)CC2CC2C)c1N. The highest BCUT2D eigenvalue weighted by atomic mass is 15.4. The van der Waals surface area contributed by atoms with Gasteiger partial charge in [0, 0.05) is 20.6 Å². The summed E-state index contributed by atoms with van der Waals surface area (Å²) < 4.78 is 1.87. The maximum atomic E-state index is 6.01. The van der Waals surface area contributed by atoms with Crippen molar-refractivity contribution in [2.75, 3.05) is 24.2 Å². The van der Waals surface area contributed by atoms with Crippen LogP contribution in [0.25, 0.3) is 0 Å². The van der Waals surface area contributed by atoms with Crippen LogP contribution in [-0.4, -0.2) is 23.4 Å². The second kappa shape index (κ2) is 3.43. The number of hydrogen-bond donors (Lipinski definition) is 1. The van der Waals surface area contributed by atoms with E-state index in [0.29, 0.717) is 0 Å². The van der Waals surface area contributed by atoms with Gasteiger partial charge in [0.25, 0.3) is 0 Å². The number of nitrogens with zero attached hydrogens (tertiary/aromatic N) is 3. The molecule has 84 valence electrons. The zero-order valence-corrected chi connectivity index (χ0v) is 9.99. The molecule has 0 saturated heterocycles. The highest BCUT2D eigenvalue weighted by Gasteiger charge is 2.34. The molecule has 1 fully saturated rings. The predicted molar refractivity (Wildman–Crippen MR) is 62.9 cm³/mol. The Morgan fingerprint density at radius 2 is 2.20 bits per heavy atom. The fourth-order valence-electron chi connectivity index (χ4n) is 2.21. The lowest BCUT2D eigenvalue weighted by atomic mass is 10.3. The molecular weight excluding hydrogens is 188 g/mol. The van der Waals surface area contributed by atoms with Gasteiger partial charge in [0.1, 0.15) is 5.82 Å². The van der Waals surface area contributed by atoms with E-state index in [2.05, 4.69) is 24.0 Å². The van der Waals surface area contributed by atoms with Crippen molar-refractivity contribution in [1.82, 2.24) is 9.78 Å². The van der Waals surface area contributed by atoms with Gasteiger partial charge in [-0.3, -0.25) is 4.68 Å². The molecule has 2 rings (SSSR count). The van der Waals surface area contributed by atoms with Gasteiger partial charge in [-0.15, -0.1) is 0 Å². The molecule has 1 saturated carbocycles. The zero-order chi connectivity index (χ0) is 11.2. The second-order valence-electron chi connectivity index (χ2n) is 4.80. The summed E-state index contributed by atoms with van der Waals surface area (Å²) in [6.45, 7) is 5.34. The fraction of sp³-hybridized carbons (Fsp3) is 0.727. The average Bonchev–Trinajstić information content (AvgIpc) is 2.73. The summed E-state index contributed by atoms with van der Waals surface area (Å²) in [5.74, 6) is 2.76. The molecule has 2 atom stereocenters. The third-order valence-electron chi connectivity index (χ3n) is 3.38. The first kappa shape index (κ1) is 10.3. The molecule has 15 heavy (non-hydrogen) atoms. The number of aryl methyl sites for hydroxylation is 2. The van der Waals surface area contributed by atoms with Gasteiger partial charge in [-0.2, -0.15) is 5.10 Å². The largest absolute Gasteiger partial charge is 0.394 e. The number of aromatic nitrogens is 2. The Hall–Kier alpha value is -1.19. The Labute approximate surface area is 91.1 Å². The Balaban J connectivity index is 2.13. The van der Waals surface area contributed by atoms with Crippen LogP contribution in [0.5, 0.6) is 0 Å². The maximum Gasteiger partial charge on any atom is 0.150 e. The molecule has 0 aliphatic heterocycles. The topological polar surface area (TPSA) is 47.1 Å². The van der Waals surface area contributed by atoms with Gasteiger partial charge in [-0.25, -0.2) is 0 Å². The van der Waals surface area contributed by atoms with Crippen molar-refractivity contribution in [3.05, 3.63) is 5.69 Å². The van der Waals surface area contributed by atoms with Crippen LogP contribution >= 0.6 is 0 Å². The monoisotopic (exact) mass is 208 g/mol. The van der Waals surface area contributed by atoms with E-state index in [0.717, 1.165) is 35.6 Å². The first-order valence-electron chi connectivity index (χ1n) is 5.51. The Morgan fingerprint density at radius 1 is 1.60 bits per heavy atom. The van der Waals surface area contributed by atoms with Crippen molar-refractivity contribution in [1.29, 1.82) is 0 Å². The van der Waals surface area contributed by atoms with Crippen molar-refractivity contribution in [3.63, 3.8) is 0 Å². The van der Waals surface area contributed by atoms with Crippen LogP contribution in [0, 0.1) is 18.8 Å². The molecule has 4 nitrogen and oxygen atoms in total. The molecular formula is C11H20N4. The van der Waals surface area contributed by atoms with E-state index in [1.807, 2.05) is 18.7 Å². The summed E-state index contributed by atoms with van der Waals surface area (Å²) in [7, 11) is 4.05. The van der Waals surface area contributed by atoms with Crippen molar-refractivity contribution < 1.29 is 0 Å². The molecule has 0 bridgehead atoms. The summed E-state index contributed by atoms with van der Waals surface area (Å²) in [6, 6.07) is 0. The summed E-state index contributed by atoms with van der Waals surface area (Å²) in [4.78, 5) is 2.23. The van der Waals surface area contributed by atoms with Crippen LogP contribution < -0.4 is 10.6 Å². The third-order valence-corrected chi connectivity index (χ3v) is 3.38. The van der Waals surface area contributed by atoms with Crippen LogP contribution in [0.15, 0.2) is 0 Å². The number of anilines is 2. The van der Waals surface area contributed by atoms with E-state index < -0.39 is 0 Å². The predicted octanol–water partition coefficient (Wildman–Crippen LogP) is 1.40. The van der Waals surface area contributed by atoms with Crippen LogP contribution in [-0.2, 0) is 7.05 Å². The fourth-order valence-corrected chi connectivity index (χ4v) is 2.21. The van der Waals surface area contributed by atoms with Crippen LogP contribution in [0.4, 0.5) is 11.5 Å². The van der Waals surface area contributed by atoms with Crippen LogP contribution in [0.2, 0.25) is 0 Å². The Kier molecular flexibility index (Phi) is 2.37. The van der Waals surface area contributed by atoms with E-state index in [1.165, 1.54) is 6.42 Å². The van der Waals surface area contributed by atoms with Gasteiger partial charge in [-0.1, -0.05) is 6.92 Å². The highest BCUT2D eigenvalue weighted by Crippen LogP contribution is 2.39. The number of hydrogen-bond acceptors (Lipinski definition) is 3. The molecule has 0 aromatic carbocycles. The maximum absolute atomic E-state index is 6.01. The second-order valence-corrected chi connectivity index (χ2v) is 4.80. The Bertz CT molecular complexity index is 369. The number of nitrogens with two attached hydrogens (primary N) is 1. The van der Waals surface area contributed by atoms with E-state index in [9.17, 15) is 0 Å². The molecule has 1 aliphatic carbocycles. The lowest BCUT2D eigenvalue weighted by Crippen LogP contribution is -2.23. The molecule has 1 heterocycles. The third kappa shape index (κ3) is 1.80. The van der Waals surface area contributed by atoms with E-state index in [4.69, 9.17) is 5.73 Å². The van der Waals surface area contributed by atoms with Gasteiger partial charge < -0.3 is 10.6 Å². The molecule has 2 unspecified atom stereocenters. The van der Waals surface area contributed by atoms with Crippen molar-refractivity contribution in [2.24, 2.45) is 18.9 Å². The quantitative estimate of drug-likeness (QED) is 0.817. The van der Waals surface area contributed by atoms with Crippen LogP contribution in [0.1, 0.15) is 19.0 Å². The minimum atomic E-state index is 0.813. The Morgan fingerprint density at radius 3 is 2.60 bits per heavy atom. The lowest BCUT2D eigenvalue weighted by molar-refractivity contribution is 0.682. The summed E-state index contributed by atoms with van der Waals surface area (Å²) >= 11 is 0. The van der Waals surface area contributed by atoms with Gasteiger partial charge in [0.05, 0.1) is 11.4 Å². The van der Waals surface area contributed by atoms with Gasteiger partial charge >= 0.3 is 0 Å². The minimum Gasteiger partial charge on any atom is -0.394 e. The standard InChI is InChI=1S/C11H20N4/c1-7-5-9(7)6-14(3)11-10(12)8(2)13-15(11)4/h7,9H,5-6,12H2,1-4H3. The summed E-state index contributed by atoms with van der Waals surface area (Å²) in [6.07, 6.45) is 1.35. The lowest BCUT2D eigenvalue weighted by Gasteiger charge is -2.19. The molecule has 0 spiro atoms. The molecule has 1 aromatic rings. The minimum absolute atomic E-state index is 0.813. The van der Waals surface area contributed by atoms with Crippen molar-refractivity contribution >= 4 is 11.5 Å². The molecule has 0 amide bonds. The summed E-state index contributed by atoms with van der Waals surface area (Å²) in [5, 5.41) is 4.33. The molecule has 4 heteroatoms. The van der Waals surface area contributed by atoms with Gasteiger partial charge in [-0.05, 0) is 25.2 Å². The van der Waals surface area contributed by atoms with Gasteiger partial charge in [0.15, 0.2) is 0 Å². The molecule has 0 radical (unpaired) electrons. The molecule has 1 aromatic heterocycles. The smallest absolute Gasteiger partial charge is 0.150 e. The molecule has 1 aliphatic rings. The first-order valence-corrected chi connectivity index (χ1v) is 5.51. The number of nitrogen functional groups attached to an aromatic ring is 1. The summed E-state index contributed by atoms with van der Waals surface area (Å²) in [5.41, 5.74) is 7.74. The highest BCUT2D eigenvalue weighted by molar-refractivity contribution is 5.65. The first-order chi connectivity index (χ1) is 7.00.